The van der Waals surface area contributed by atoms with E-state index < -0.39 is 0 Å². The van der Waals surface area contributed by atoms with Gasteiger partial charge in [-0.3, -0.25) is 4.79 Å². The molecule has 0 unspecified atom stereocenters. The van der Waals surface area contributed by atoms with Gasteiger partial charge in [-0.05, 0) is 25.2 Å². The third kappa shape index (κ3) is 3.18. The molecule has 3 rings (SSSR count). The summed E-state index contributed by atoms with van der Waals surface area (Å²) in [5, 5.41) is 10.9. The molecule has 0 aliphatic heterocycles. The normalized spacial score (nSPS) is 21.2. The summed E-state index contributed by atoms with van der Waals surface area (Å²) in [5.74, 6) is 2.22. The Bertz CT molecular complexity index is 649. The summed E-state index contributed by atoms with van der Waals surface area (Å²) >= 11 is 0. The van der Waals surface area contributed by atoms with Gasteiger partial charge in [-0.15, -0.1) is 10.2 Å². The Hall–Kier alpha value is -2.18. The molecule has 2 aromatic heterocycles. The molecule has 0 bridgehead atoms. The van der Waals surface area contributed by atoms with Crippen LogP contribution in [0.2, 0.25) is 0 Å². The van der Waals surface area contributed by atoms with Gasteiger partial charge in [0, 0.05) is 25.8 Å². The molecule has 1 N–H and O–H groups in total. The van der Waals surface area contributed by atoms with E-state index >= 15 is 0 Å². The lowest BCUT2D eigenvalue weighted by Crippen LogP contribution is -2.33. The number of carbonyl (C=O) groups excluding carboxylic acids is 1. The summed E-state index contributed by atoms with van der Waals surface area (Å²) in [5.41, 5.74) is 0.401. The molecule has 1 saturated carbocycles. The monoisotopic (exact) mass is 304 g/mol. The molecular weight excluding hydrogens is 284 g/mol. The highest BCUT2D eigenvalue weighted by molar-refractivity contribution is 5.93. The highest BCUT2D eigenvalue weighted by atomic mass is 16.4. The van der Waals surface area contributed by atoms with Crippen molar-refractivity contribution in [1.29, 1.82) is 0 Å². The Labute approximate surface area is 128 Å². The van der Waals surface area contributed by atoms with Crippen molar-refractivity contribution in [1.82, 2.24) is 20.5 Å². The van der Waals surface area contributed by atoms with Crippen molar-refractivity contribution < 1.29 is 13.6 Å². The number of hydrogen-bond donors (Lipinski definition) is 1. The van der Waals surface area contributed by atoms with Crippen molar-refractivity contribution in [3.8, 4) is 0 Å². The molecule has 118 valence electrons. The summed E-state index contributed by atoms with van der Waals surface area (Å²) in [6, 6.07) is 0.169. The van der Waals surface area contributed by atoms with Crippen LogP contribution in [0.1, 0.15) is 54.2 Å². The average Bonchev–Trinajstić information content (AvgIpc) is 3.20. The Kier molecular flexibility index (Phi) is 4.22. The molecule has 0 spiro atoms. The first-order chi connectivity index (χ1) is 10.7. The fourth-order valence-corrected chi connectivity index (χ4v) is 3.02. The number of aryl methyl sites for hydroxylation is 2. The van der Waals surface area contributed by atoms with Crippen molar-refractivity contribution >= 4 is 5.91 Å². The average molecular weight is 304 g/mol. The number of hydrogen-bond acceptors (Lipinski definition) is 6. The van der Waals surface area contributed by atoms with Crippen LogP contribution in [0.5, 0.6) is 0 Å². The number of rotatable bonds is 5. The smallest absolute Gasteiger partial charge is 0.273 e. The fourth-order valence-electron chi connectivity index (χ4n) is 3.02. The zero-order chi connectivity index (χ0) is 15.5. The van der Waals surface area contributed by atoms with Gasteiger partial charge in [-0.1, -0.05) is 6.92 Å². The second-order valence-electron chi connectivity index (χ2n) is 5.75. The van der Waals surface area contributed by atoms with Crippen LogP contribution < -0.4 is 5.32 Å². The molecular formula is C15H20N4O3. The number of aromatic nitrogens is 3. The van der Waals surface area contributed by atoms with E-state index in [1.54, 1.807) is 6.92 Å². The molecule has 1 aliphatic carbocycles. The van der Waals surface area contributed by atoms with E-state index in [1.807, 2.05) is 6.92 Å². The zero-order valence-corrected chi connectivity index (χ0v) is 12.8. The summed E-state index contributed by atoms with van der Waals surface area (Å²) in [6.07, 6.45) is 5.69. The lowest BCUT2D eigenvalue weighted by Gasteiger charge is -2.12. The first kappa shape index (κ1) is 14.7. The van der Waals surface area contributed by atoms with Crippen LogP contribution >= 0.6 is 0 Å². The Balaban J connectivity index is 1.53. The predicted molar refractivity (Wildman–Crippen MR) is 77.2 cm³/mol. The number of nitrogens with one attached hydrogen (secondary N) is 1. The van der Waals surface area contributed by atoms with Crippen LogP contribution in [0, 0.1) is 12.8 Å². The fraction of sp³-hybridized carbons (Fsp3) is 0.600. The van der Waals surface area contributed by atoms with E-state index in [4.69, 9.17) is 8.83 Å². The van der Waals surface area contributed by atoms with Crippen LogP contribution in [0.4, 0.5) is 0 Å². The van der Waals surface area contributed by atoms with Crippen molar-refractivity contribution in [2.75, 3.05) is 0 Å². The Morgan fingerprint density at radius 2 is 2.27 bits per heavy atom. The lowest BCUT2D eigenvalue weighted by molar-refractivity contribution is 0.0930. The maximum Gasteiger partial charge on any atom is 0.273 e. The van der Waals surface area contributed by atoms with E-state index in [-0.39, 0.29) is 11.9 Å². The predicted octanol–water partition coefficient (Wildman–Crippen LogP) is 2.07. The van der Waals surface area contributed by atoms with E-state index in [9.17, 15) is 4.79 Å². The summed E-state index contributed by atoms with van der Waals surface area (Å²) in [4.78, 5) is 16.2. The second kappa shape index (κ2) is 6.29. The Morgan fingerprint density at radius 3 is 3.00 bits per heavy atom. The van der Waals surface area contributed by atoms with Gasteiger partial charge >= 0.3 is 0 Å². The minimum Gasteiger partial charge on any atom is -0.448 e. The summed E-state index contributed by atoms with van der Waals surface area (Å²) in [7, 11) is 0. The van der Waals surface area contributed by atoms with Gasteiger partial charge in [0.15, 0.2) is 12.1 Å². The third-order valence-corrected chi connectivity index (χ3v) is 4.08. The number of carbonyl (C=O) groups is 1. The molecule has 1 fully saturated rings. The number of nitrogens with zero attached hydrogens (tertiary/aromatic N) is 3. The molecule has 0 saturated heterocycles. The maximum absolute atomic E-state index is 12.2. The molecule has 7 heteroatoms. The molecule has 0 radical (unpaired) electrons. The summed E-state index contributed by atoms with van der Waals surface area (Å²) in [6.45, 7) is 3.73. The topological polar surface area (TPSA) is 94.1 Å². The van der Waals surface area contributed by atoms with Crippen molar-refractivity contribution in [3.63, 3.8) is 0 Å². The summed E-state index contributed by atoms with van der Waals surface area (Å²) < 4.78 is 10.6. The third-order valence-electron chi connectivity index (χ3n) is 4.08. The van der Waals surface area contributed by atoms with Crippen LogP contribution in [0.3, 0.4) is 0 Å². The van der Waals surface area contributed by atoms with Gasteiger partial charge in [0.25, 0.3) is 5.91 Å². The second-order valence-corrected chi connectivity index (χ2v) is 5.75. The molecule has 2 aromatic rings. The zero-order valence-electron chi connectivity index (χ0n) is 12.8. The van der Waals surface area contributed by atoms with E-state index in [0.29, 0.717) is 35.6 Å². The quantitative estimate of drug-likeness (QED) is 0.908. The molecule has 22 heavy (non-hydrogen) atoms. The first-order valence-corrected chi connectivity index (χ1v) is 7.68. The number of oxazole rings is 1. The van der Waals surface area contributed by atoms with Crippen LogP contribution in [0.25, 0.3) is 0 Å². The molecule has 1 aliphatic rings. The molecule has 7 nitrogen and oxygen atoms in total. The van der Waals surface area contributed by atoms with Crippen LogP contribution in [0.15, 0.2) is 15.2 Å². The number of amides is 1. The lowest BCUT2D eigenvalue weighted by atomic mass is 10.0. The van der Waals surface area contributed by atoms with Crippen molar-refractivity contribution in [2.24, 2.45) is 5.92 Å². The van der Waals surface area contributed by atoms with Crippen molar-refractivity contribution in [3.05, 3.63) is 29.6 Å². The van der Waals surface area contributed by atoms with Gasteiger partial charge in [-0.25, -0.2) is 4.98 Å². The molecule has 0 aromatic carbocycles. The minimum atomic E-state index is -0.148. The SMILES string of the molecule is CCc1ocnc1C(=O)N[C@H]1CC[C@@H](Cc2nnc(C)o2)C1. The van der Waals surface area contributed by atoms with Crippen LogP contribution in [-0.2, 0) is 12.8 Å². The van der Waals surface area contributed by atoms with Gasteiger partial charge < -0.3 is 14.2 Å². The minimum absolute atomic E-state index is 0.148. The molecule has 2 atom stereocenters. The van der Waals surface area contributed by atoms with E-state index in [0.717, 1.165) is 25.7 Å². The molecule has 2 heterocycles. The van der Waals surface area contributed by atoms with Gasteiger partial charge in [-0.2, -0.15) is 0 Å². The van der Waals surface area contributed by atoms with Gasteiger partial charge in [0.05, 0.1) is 0 Å². The van der Waals surface area contributed by atoms with Gasteiger partial charge in [0.2, 0.25) is 11.8 Å². The van der Waals surface area contributed by atoms with Crippen LogP contribution in [-0.4, -0.2) is 27.1 Å². The largest absolute Gasteiger partial charge is 0.448 e. The van der Waals surface area contributed by atoms with E-state index in [1.165, 1.54) is 6.39 Å². The van der Waals surface area contributed by atoms with Gasteiger partial charge in [0.1, 0.15) is 5.76 Å². The van der Waals surface area contributed by atoms with Crippen molar-refractivity contribution in [2.45, 2.75) is 52.0 Å². The highest BCUT2D eigenvalue weighted by Crippen LogP contribution is 2.28. The maximum atomic E-state index is 12.2. The molecule has 1 amide bonds. The Morgan fingerprint density at radius 1 is 1.41 bits per heavy atom. The van der Waals surface area contributed by atoms with E-state index in [2.05, 4.69) is 20.5 Å². The first-order valence-electron chi connectivity index (χ1n) is 7.68. The highest BCUT2D eigenvalue weighted by Gasteiger charge is 2.28. The standard InChI is InChI=1S/C15H20N4O3/c1-3-12-14(16-8-21-12)15(20)17-11-5-4-10(6-11)7-13-19-18-9(2)22-13/h8,10-11H,3-7H2,1-2H3,(H,17,20)/t10-,11+/m1/s1.